The van der Waals surface area contributed by atoms with E-state index in [-0.39, 0.29) is 18.1 Å². The van der Waals surface area contributed by atoms with Gasteiger partial charge in [0.05, 0.1) is 29.5 Å². The first kappa shape index (κ1) is 15.2. The van der Waals surface area contributed by atoms with Crippen LogP contribution in [-0.2, 0) is 11.2 Å². The van der Waals surface area contributed by atoms with E-state index in [1.54, 1.807) is 18.9 Å². The summed E-state index contributed by atoms with van der Waals surface area (Å²) in [6.07, 6.45) is 0.854. The Kier molecular flexibility index (Phi) is 3.79. The number of carbonyl (C=O) groups excluding carboxylic acids is 1. The number of fused-ring (bicyclic) bond motifs is 3. The third-order valence-corrected chi connectivity index (χ3v) is 5.27. The summed E-state index contributed by atoms with van der Waals surface area (Å²) in [5.74, 6) is 6.92. The number of urea groups is 1. The van der Waals surface area contributed by atoms with Gasteiger partial charge >= 0.3 is 6.03 Å². The van der Waals surface area contributed by atoms with Crippen LogP contribution in [0.4, 0.5) is 9.93 Å². The third-order valence-electron chi connectivity index (χ3n) is 4.25. The topological polar surface area (TPSA) is 63.7 Å². The Morgan fingerprint density at radius 1 is 1.54 bits per heavy atom. The highest BCUT2D eigenvalue weighted by Crippen LogP contribution is 2.38. The van der Waals surface area contributed by atoms with Crippen molar-refractivity contribution in [3.05, 3.63) is 17.7 Å². The molecule has 0 unspecified atom stereocenters. The molecule has 2 atom stereocenters. The molecule has 124 valence electrons. The van der Waals surface area contributed by atoms with Gasteiger partial charge in [-0.3, -0.25) is 4.90 Å². The number of thiazole rings is 1. The highest BCUT2D eigenvalue weighted by molar-refractivity contribution is 7.22. The molecule has 3 heterocycles. The third kappa shape index (κ3) is 2.30. The van der Waals surface area contributed by atoms with Crippen LogP contribution in [0.1, 0.15) is 12.5 Å². The maximum atomic E-state index is 12.5. The Hall–Kier alpha value is -2.30. The lowest BCUT2D eigenvalue weighted by molar-refractivity contribution is 0.172. The number of nitrogens with zero attached hydrogens (tertiary/aromatic N) is 2. The fraction of sp³-hybridized carbons (Fsp3) is 0.412. The fourth-order valence-corrected chi connectivity index (χ4v) is 4.24. The molecule has 2 aliphatic heterocycles. The number of hydrogen-bond donors (Lipinski definition) is 1. The Morgan fingerprint density at radius 3 is 3.21 bits per heavy atom. The summed E-state index contributed by atoms with van der Waals surface area (Å²) in [5, 5.41) is 3.60. The van der Waals surface area contributed by atoms with E-state index in [0.717, 1.165) is 28.0 Å². The predicted molar refractivity (Wildman–Crippen MR) is 92.7 cm³/mol. The van der Waals surface area contributed by atoms with E-state index in [0.29, 0.717) is 18.3 Å². The molecule has 1 N–H and O–H groups in total. The van der Waals surface area contributed by atoms with Gasteiger partial charge in [0.2, 0.25) is 0 Å². The maximum Gasteiger partial charge on any atom is 0.325 e. The first-order valence-electron chi connectivity index (χ1n) is 7.79. The summed E-state index contributed by atoms with van der Waals surface area (Å²) >= 11 is 1.50. The Labute approximate surface area is 143 Å². The second kappa shape index (κ2) is 5.96. The number of ether oxygens (including phenoxy) is 2. The number of amides is 2. The minimum atomic E-state index is -0.285. The summed E-state index contributed by atoms with van der Waals surface area (Å²) in [6, 6.07) is 3.34. The summed E-state index contributed by atoms with van der Waals surface area (Å²) in [6.45, 7) is 2.87. The maximum absolute atomic E-state index is 12.5. The Bertz CT molecular complexity index is 867. The molecule has 0 bridgehead atoms. The van der Waals surface area contributed by atoms with Gasteiger partial charge in [-0.2, -0.15) is 0 Å². The highest BCUT2D eigenvalue weighted by atomic mass is 32.1. The van der Waals surface area contributed by atoms with Gasteiger partial charge in [-0.05, 0) is 19.1 Å². The molecule has 0 saturated carbocycles. The van der Waals surface area contributed by atoms with E-state index in [9.17, 15) is 4.79 Å². The number of benzene rings is 1. The molecule has 1 aromatic heterocycles. The summed E-state index contributed by atoms with van der Waals surface area (Å²) < 4.78 is 11.9. The normalized spacial score (nSPS) is 22.1. The van der Waals surface area contributed by atoms with Crippen molar-refractivity contribution in [2.45, 2.75) is 25.4 Å². The number of anilines is 1. The second-order valence-electron chi connectivity index (χ2n) is 5.70. The summed E-state index contributed by atoms with van der Waals surface area (Å²) in [4.78, 5) is 18.9. The summed E-state index contributed by atoms with van der Waals surface area (Å²) in [5.41, 5.74) is 2.05. The Balaban J connectivity index is 1.77. The van der Waals surface area contributed by atoms with Crippen LogP contribution in [0.5, 0.6) is 5.75 Å². The zero-order valence-corrected chi connectivity index (χ0v) is 14.3. The monoisotopic (exact) mass is 343 g/mol. The van der Waals surface area contributed by atoms with Gasteiger partial charge in [0.25, 0.3) is 0 Å². The number of rotatable bonds is 3. The van der Waals surface area contributed by atoms with Crippen LogP contribution in [0.2, 0.25) is 0 Å². The molecule has 24 heavy (non-hydrogen) atoms. The van der Waals surface area contributed by atoms with Crippen LogP contribution in [-0.4, -0.2) is 43.4 Å². The van der Waals surface area contributed by atoms with E-state index >= 15 is 0 Å². The lowest BCUT2D eigenvalue weighted by atomic mass is 10.1. The average molecular weight is 343 g/mol. The molecule has 0 radical (unpaired) electrons. The van der Waals surface area contributed by atoms with Crippen LogP contribution in [0.25, 0.3) is 10.2 Å². The van der Waals surface area contributed by atoms with Crippen LogP contribution < -0.4 is 15.0 Å². The van der Waals surface area contributed by atoms with Crippen molar-refractivity contribution < 1.29 is 14.3 Å². The van der Waals surface area contributed by atoms with Crippen molar-refractivity contribution in [1.82, 2.24) is 10.3 Å². The smallest absolute Gasteiger partial charge is 0.325 e. The zero-order chi connectivity index (χ0) is 16.7. The van der Waals surface area contributed by atoms with Gasteiger partial charge in [-0.25, -0.2) is 9.78 Å². The number of hydrogen-bond acceptors (Lipinski definition) is 5. The molecule has 1 aromatic carbocycles. The SMILES string of the molecule is CC#C[C@@H]1[C@H](COC)NC(=O)N1c1nc2c3c(ccc2s1)OCC3. The average Bonchev–Trinajstić information content (AvgIpc) is 3.24. The first-order chi connectivity index (χ1) is 11.7. The number of nitrogens with one attached hydrogen (secondary N) is 1. The molecule has 1 saturated heterocycles. The lowest BCUT2D eigenvalue weighted by Crippen LogP contribution is -2.38. The zero-order valence-electron chi connectivity index (χ0n) is 13.5. The van der Waals surface area contributed by atoms with Gasteiger partial charge in [-0.1, -0.05) is 17.3 Å². The minimum absolute atomic E-state index is 0.170. The van der Waals surface area contributed by atoms with Gasteiger partial charge < -0.3 is 14.8 Å². The van der Waals surface area contributed by atoms with Crippen molar-refractivity contribution >= 4 is 32.7 Å². The predicted octanol–water partition coefficient (Wildman–Crippen LogP) is 2.17. The molecule has 2 aromatic rings. The van der Waals surface area contributed by atoms with Crippen molar-refractivity contribution in [2.24, 2.45) is 0 Å². The largest absolute Gasteiger partial charge is 0.493 e. The van der Waals surface area contributed by atoms with Crippen LogP contribution in [0.3, 0.4) is 0 Å². The molecular weight excluding hydrogens is 326 g/mol. The standard InChI is InChI=1S/C17H17N3O3S/c1-3-4-12-11(9-22-2)18-16(21)20(12)17-19-15-10-7-8-23-13(10)5-6-14(15)24-17/h5-6,11-12H,7-9H2,1-2H3,(H,18,21)/t11-,12+/m0/s1. The molecule has 7 heteroatoms. The molecule has 6 nitrogen and oxygen atoms in total. The molecule has 2 aliphatic rings. The summed E-state index contributed by atoms with van der Waals surface area (Å²) in [7, 11) is 1.62. The van der Waals surface area contributed by atoms with Crippen molar-refractivity contribution in [3.63, 3.8) is 0 Å². The van der Waals surface area contributed by atoms with E-state index in [4.69, 9.17) is 14.5 Å². The molecule has 2 amide bonds. The molecule has 0 aliphatic carbocycles. The molecule has 0 spiro atoms. The second-order valence-corrected chi connectivity index (χ2v) is 6.71. The minimum Gasteiger partial charge on any atom is -0.493 e. The fourth-order valence-electron chi connectivity index (χ4n) is 3.21. The van der Waals surface area contributed by atoms with Crippen LogP contribution >= 0.6 is 11.3 Å². The van der Waals surface area contributed by atoms with Crippen molar-refractivity contribution in [2.75, 3.05) is 25.2 Å². The van der Waals surface area contributed by atoms with E-state index in [1.165, 1.54) is 11.3 Å². The molecule has 1 fully saturated rings. The van der Waals surface area contributed by atoms with E-state index in [1.807, 2.05) is 12.1 Å². The quantitative estimate of drug-likeness (QED) is 0.868. The Morgan fingerprint density at radius 2 is 2.42 bits per heavy atom. The number of methoxy groups -OCH3 is 1. The van der Waals surface area contributed by atoms with Gasteiger partial charge in [0, 0.05) is 19.1 Å². The van der Waals surface area contributed by atoms with E-state index in [2.05, 4.69) is 17.2 Å². The highest BCUT2D eigenvalue weighted by Gasteiger charge is 2.41. The lowest BCUT2D eigenvalue weighted by Gasteiger charge is -2.18. The van der Waals surface area contributed by atoms with Crippen LogP contribution in [0, 0.1) is 11.8 Å². The van der Waals surface area contributed by atoms with Crippen molar-refractivity contribution in [3.8, 4) is 17.6 Å². The molecular formula is C17H17N3O3S. The van der Waals surface area contributed by atoms with Gasteiger partial charge in [0.1, 0.15) is 11.8 Å². The first-order valence-corrected chi connectivity index (χ1v) is 8.60. The van der Waals surface area contributed by atoms with Crippen molar-refractivity contribution in [1.29, 1.82) is 0 Å². The van der Waals surface area contributed by atoms with E-state index < -0.39 is 0 Å². The van der Waals surface area contributed by atoms with Gasteiger partial charge in [-0.15, -0.1) is 5.92 Å². The van der Waals surface area contributed by atoms with Crippen LogP contribution in [0.15, 0.2) is 12.1 Å². The number of aromatic nitrogens is 1. The number of carbonyl (C=O) groups is 1. The van der Waals surface area contributed by atoms with Gasteiger partial charge in [0.15, 0.2) is 5.13 Å². The molecule has 4 rings (SSSR count).